The molecule has 25 heavy (non-hydrogen) atoms. The number of para-hydroxylation sites is 1. The standard InChI is InChI=1S/C19H22N2O3S/c1-4-15(24-12-8-6-5-7-9-12)17(23)21-18-20-13-10-19(2,3)11-14(22)16(13)25-18/h5-9,15H,4,10-11H2,1-3H3,(H,20,21,23)/t15-/m1/s1. The Morgan fingerprint density at radius 1 is 1.32 bits per heavy atom. The smallest absolute Gasteiger partial charge is 0.267 e. The molecule has 1 atom stereocenters. The number of Topliss-reactive ketones (excluding diaryl/α,β-unsaturated/α-hetero) is 1. The number of carbonyl (C=O) groups excluding carboxylic acids is 2. The fourth-order valence-corrected chi connectivity index (χ4v) is 3.87. The molecule has 1 aromatic carbocycles. The van der Waals surface area contributed by atoms with Crippen molar-refractivity contribution in [1.29, 1.82) is 0 Å². The van der Waals surface area contributed by atoms with Crippen LogP contribution in [0.1, 0.15) is 49.0 Å². The predicted molar refractivity (Wildman–Crippen MR) is 98.3 cm³/mol. The molecule has 1 heterocycles. The largest absolute Gasteiger partial charge is 0.481 e. The summed E-state index contributed by atoms with van der Waals surface area (Å²) in [7, 11) is 0. The number of rotatable bonds is 5. The first kappa shape index (κ1) is 17.6. The van der Waals surface area contributed by atoms with Crippen molar-refractivity contribution in [2.45, 2.75) is 46.1 Å². The molecular formula is C19H22N2O3S. The maximum Gasteiger partial charge on any atom is 0.267 e. The van der Waals surface area contributed by atoms with Gasteiger partial charge in [-0.1, -0.05) is 50.3 Å². The SMILES string of the molecule is CC[C@@H](Oc1ccccc1)C(=O)Nc1nc2c(s1)C(=O)CC(C)(C)C2. The third kappa shape index (κ3) is 4.07. The summed E-state index contributed by atoms with van der Waals surface area (Å²) in [6.07, 6.45) is 1.20. The molecular weight excluding hydrogens is 336 g/mol. The van der Waals surface area contributed by atoms with Crippen molar-refractivity contribution >= 4 is 28.2 Å². The first-order chi connectivity index (χ1) is 11.9. The van der Waals surface area contributed by atoms with Crippen molar-refractivity contribution in [3.05, 3.63) is 40.9 Å². The molecule has 2 aromatic rings. The number of benzene rings is 1. The monoisotopic (exact) mass is 358 g/mol. The minimum atomic E-state index is -0.601. The summed E-state index contributed by atoms with van der Waals surface area (Å²) < 4.78 is 5.75. The number of amides is 1. The molecule has 0 bridgehead atoms. The highest BCUT2D eigenvalue weighted by Gasteiger charge is 2.34. The number of carbonyl (C=O) groups is 2. The Labute approximate surface area is 151 Å². The van der Waals surface area contributed by atoms with E-state index in [1.165, 1.54) is 11.3 Å². The van der Waals surface area contributed by atoms with Gasteiger partial charge in [-0.3, -0.25) is 14.9 Å². The lowest BCUT2D eigenvalue weighted by Gasteiger charge is -2.26. The van der Waals surface area contributed by atoms with Crippen molar-refractivity contribution in [1.82, 2.24) is 4.98 Å². The zero-order valence-corrected chi connectivity index (χ0v) is 15.5. The van der Waals surface area contributed by atoms with Gasteiger partial charge in [0.05, 0.1) is 10.6 Å². The Morgan fingerprint density at radius 2 is 2.04 bits per heavy atom. The number of hydrogen-bond donors (Lipinski definition) is 1. The molecule has 0 saturated carbocycles. The van der Waals surface area contributed by atoms with Crippen LogP contribution in [0.15, 0.2) is 30.3 Å². The van der Waals surface area contributed by atoms with Crippen LogP contribution in [0.4, 0.5) is 5.13 Å². The molecule has 0 unspecified atom stereocenters. The molecule has 1 aliphatic carbocycles. The minimum Gasteiger partial charge on any atom is -0.481 e. The van der Waals surface area contributed by atoms with E-state index in [4.69, 9.17) is 4.74 Å². The zero-order valence-electron chi connectivity index (χ0n) is 14.7. The maximum atomic E-state index is 12.5. The van der Waals surface area contributed by atoms with E-state index < -0.39 is 6.10 Å². The molecule has 0 saturated heterocycles. The van der Waals surface area contributed by atoms with Gasteiger partial charge in [0.1, 0.15) is 5.75 Å². The van der Waals surface area contributed by atoms with Gasteiger partial charge in [0.15, 0.2) is 17.0 Å². The summed E-state index contributed by atoms with van der Waals surface area (Å²) >= 11 is 1.26. The molecule has 132 valence electrons. The lowest BCUT2D eigenvalue weighted by molar-refractivity contribution is -0.122. The van der Waals surface area contributed by atoms with Crippen molar-refractivity contribution in [3.8, 4) is 5.75 Å². The first-order valence-electron chi connectivity index (χ1n) is 8.43. The molecule has 3 rings (SSSR count). The van der Waals surface area contributed by atoms with Crippen molar-refractivity contribution in [2.75, 3.05) is 5.32 Å². The first-order valence-corrected chi connectivity index (χ1v) is 9.25. The quantitative estimate of drug-likeness (QED) is 0.874. The number of anilines is 1. The van der Waals surface area contributed by atoms with Gasteiger partial charge < -0.3 is 4.74 Å². The number of fused-ring (bicyclic) bond motifs is 1. The Kier molecular flexibility index (Phi) is 4.90. The number of nitrogens with zero attached hydrogens (tertiary/aromatic N) is 1. The fourth-order valence-electron chi connectivity index (χ4n) is 2.95. The summed E-state index contributed by atoms with van der Waals surface area (Å²) in [6.45, 7) is 6.02. The second-order valence-corrected chi connectivity index (χ2v) is 8.05. The second-order valence-electron chi connectivity index (χ2n) is 7.05. The van der Waals surface area contributed by atoms with Gasteiger partial charge in [0, 0.05) is 6.42 Å². The highest BCUT2D eigenvalue weighted by molar-refractivity contribution is 7.17. The van der Waals surface area contributed by atoms with Crippen molar-refractivity contribution in [2.24, 2.45) is 5.41 Å². The third-order valence-corrected chi connectivity index (χ3v) is 5.20. The Balaban J connectivity index is 1.71. The Bertz CT molecular complexity index is 783. The number of ether oxygens (including phenoxy) is 1. The normalized spacial score (nSPS) is 16.8. The average molecular weight is 358 g/mol. The Hall–Kier alpha value is -2.21. The summed E-state index contributed by atoms with van der Waals surface area (Å²) in [4.78, 5) is 29.9. The van der Waals surface area contributed by atoms with Gasteiger partial charge in [-0.2, -0.15) is 0 Å². The van der Waals surface area contributed by atoms with Crippen LogP contribution in [-0.4, -0.2) is 22.8 Å². The maximum absolute atomic E-state index is 12.5. The lowest BCUT2D eigenvalue weighted by Crippen LogP contribution is -2.32. The van der Waals surface area contributed by atoms with Crippen LogP contribution in [0.3, 0.4) is 0 Å². The van der Waals surface area contributed by atoms with E-state index in [0.717, 1.165) is 12.1 Å². The summed E-state index contributed by atoms with van der Waals surface area (Å²) in [5, 5.41) is 3.28. The highest BCUT2D eigenvalue weighted by atomic mass is 32.1. The molecule has 1 aromatic heterocycles. The molecule has 0 radical (unpaired) electrons. The van der Waals surface area contributed by atoms with Crippen molar-refractivity contribution < 1.29 is 14.3 Å². The summed E-state index contributed by atoms with van der Waals surface area (Å²) in [5.74, 6) is 0.515. The molecule has 0 aliphatic heterocycles. The van der Waals surface area contributed by atoms with Gasteiger partial charge in [-0.25, -0.2) is 4.98 Å². The van der Waals surface area contributed by atoms with E-state index in [2.05, 4.69) is 24.1 Å². The molecule has 0 spiro atoms. The van der Waals surface area contributed by atoms with Crippen LogP contribution in [-0.2, 0) is 11.2 Å². The third-order valence-electron chi connectivity index (χ3n) is 4.15. The number of nitrogens with one attached hydrogen (secondary N) is 1. The molecule has 0 fully saturated rings. The van der Waals surface area contributed by atoms with Crippen LogP contribution in [0, 0.1) is 5.41 Å². The molecule has 6 heteroatoms. The molecule has 1 N–H and O–H groups in total. The second kappa shape index (κ2) is 6.96. The van der Waals surface area contributed by atoms with Gasteiger partial charge in [0.2, 0.25) is 0 Å². The highest BCUT2D eigenvalue weighted by Crippen LogP contribution is 2.38. The van der Waals surface area contributed by atoms with E-state index in [0.29, 0.717) is 28.6 Å². The molecule has 1 amide bonds. The van der Waals surface area contributed by atoms with Gasteiger partial charge in [-0.15, -0.1) is 0 Å². The molecule has 5 nitrogen and oxygen atoms in total. The number of hydrogen-bond acceptors (Lipinski definition) is 5. The van der Waals surface area contributed by atoms with E-state index in [1.54, 1.807) is 0 Å². The van der Waals surface area contributed by atoms with Crippen LogP contribution < -0.4 is 10.1 Å². The fraction of sp³-hybridized carbons (Fsp3) is 0.421. The van der Waals surface area contributed by atoms with Gasteiger partial charge >= 0.3 is 0 Å². The van der Waals surface area contributed by atoms with Crippen LogP contribution >= 0.6 is 11.3 Å². The van der Waals surface area contributed by atoms with E-state index in [-0.39, 0.29) is 17.1 Å². The van der Waals surface area contributed by atoms with E-state index in [1.807, 2.05) is 37.3 Å². The average Bonchev–Trinajstić information content (AvgIpc) is 2.94. The Morgan fingerprint density at radius 3 is 2.72 bits per heavy atom. The van der Waals surface area contributed by atoms with Gasteiger partial charge in [0.25, 0.3) is 5.91 Å². The van der Waals surface area contributed by atoms with Crippen LogP contribution in [0.2, 0.25) is 0 Å². The molecule has 1 aliphatic rings. The van der Waals surface area contributed by atoms with E-state index >= 15 is 0 Å². The lowest BCUT2D eigenvalue weighted by atomic mass is 9.78. The number of aromatic nitrogens is 1. The number of thiazole rings is 1. The number of ketones is 1. The van der Waals surface area contributed by atoms with Crippen molar-refractivity contribution in [3.63, 3.8) is 0 Å². The topological polar surface area (TPSA) is 68.3 Å². The van der Waals surface area contributed by atoms with Gasteiger partial charge in [-0.05, 0) is 30.4 Å². The van der Waals surface area contributed by atoms with Crippen LogP contribution in [0.25, 0.3) is 0 Å². The predicted octanol–water partition coefficient (Wildman–Crippen LogP) is 4.09. The minimum absolute atomic E-state index is 0.0815. The summed E-state index contributed by atoms with van der Waals surface area (Å²) in [6, 6.07) is 9.26. The van der Waals surface area contributed by atoms with Crippen LogP contribution in [0.5, 0.6) is 5.75 Å². The van der Waals surface area contributed by atoms with E-state index in [9.17, 15) is 9.59 Å². The summed E-state index contributed by atoms with van der Waals surface area (Å²) in [5.41, 5.74) is 0.709. The zero-order chi connectivity index (χ0) is 18.0.